The second kappa shape index (κ2) is 13.3. The van der Waals surface area contributed by atoms with Gasteiger partial charge in [-0.05, 0) is 20.8 Å². The summed E-state index contributed by atoms with van der Waals surface area (Å²) in [6, 6.07) is 0. The summed E-state index contributed by atoms with van der Waals surface area (Å²) < 4.78 is 4.95. The van der Waals surface area contributed by atoms with Crippen LogP contribution in [0.25, 0.3) is 0 Å². The molecule has 160 valence electrons. The summed E-state index contributed by atoms with van der Waals surface area (Å²) in [5.74, 6) is 0.990. The van der Waals surface area contributed by atoms with Crippen molar-refractivity contribution in [3.8, 4) is 0 Å². The molecule has 0 bridgehead atoms. The van der Waals surface area contributed by atoms with Crippen LogP contribution in [0.2, 0.25) is 0 Å². The van der Waals surface area contributed by atoms with E-state index < -0.39 is 0 Å². The number of aryl methyl sites for hydroxylation is 2. The lowest BCUT2D eigenvalue weighted by atomic mass is 10.3. The molecule has 0 aliphatic carbocycles. The number of ether oxygens (including phenoxy) is 1. The molecule has 0 saturated carbocycles. The van der Waals surface area contributed by atoms with Crippen molar-refractivity contribution in [2.45, 2.75) is 27.3 Å². The highest BCUT2D eigenvalue weighted by molar-refractivity contribution is 14.0. The Labute approximate surface area is 189 Å². The highest BCUT2D eigenvalue weighted by atomic mass is 127. The molecule has 8 nitrogen and oxygen atoms in total. The Morgan fingerprint density at radius 3 is 2.54 bits per heavy atom. The second-order valence-corrected chi connectivity index (χ2v) is 7.81. The van der Waals surface area contributed by atoms with E-state index in [1.807, 2.05) is 13.8 Å². The van der Waals surface area contributed by atoms with Gasteiger partial charge in [0.1, 0.15) is 0 Å². The molecule has 1 amide bonds. The highest BCUT2D eigenvalue weighted by Crippen LogP contribution is 2.18. The first-order chi connectivity index (χ1) is 13.0. The number of hydrogen-bond donors (Lipinski definition) is 2. The fourth-order valence-electron chi connectivity index (χ4n) is 2.96. The van der Waals surface area contributed by atoms with Crippen molar-refractivity contribution in [1.29, 1.82) is 0 Å². The van der Waals surface area contributed by atoms with Crippen molar-refractivity contribution in [2.75, 3.05) is 59.5 Å². The standard InChI is InChI=1S/C18H32N6O2S.HI/c1-5-19-18(21-12-16-14(2)22-15(3)27-16)24-9-7-23(8-10-24)13-17(25)20-6-11-26-4;/h5-13H2,1-4H3,(H,19,21)(H,20,25);1H. The van der Waals surface area contributed by atoms with E-state index in [2.05, 4.69) is 32.3 Å². The van der Waals surface area contributed by atoms with Crippen molar-refractivity contribution in [2.24, 2.45) is 4.99 Å². The maximum atomic E-state index is 11.9. The van der Waals surface area contributed by atoms with E-state index in [1.54, 1.807) is 18.4 Å². The number of carbonyl (C=O) groups excluding carboxylic acids is 1. The molecule has 10 heteroatoms. The van der Waals surface area contributed by atoms with Gasteiger partial charge in [0.25, 0.3) is 0 Å². The van der Waals surface area contributed by atoms with Crippen LogP contribution in [0.4, 0.5) is 0 Å². The number of methoxy groups -OCH3 is 1. The van der Waals surface area contributed by atoms with Gasteiger partial charge in [-0.1, -0.05) is 0 Å². The first-order valence-electron chi connectivity index (χ1n) is 9.47. The van der Waals surface area contributed by atoms with E-state index in [4.69, 9.17) is 9.73 Å². The van der Waals surface area contributed by atoms with Crippen LogP contribution in [-0.2, 0) is 16.1 Å². The summed E-state index contributed by atoms with van der Waals surface area (Å²) in [6.07, 6.45) is 0. The summed E-state index contributed by atoms with van der Waals surface area (Å²) in [4.78, 5) is 26.9. The third-order valence-electron chi connectivity index (χ3n) is 4.37. The molecule has 2 heterocycles. The zero-order valence-corrected chi connectivity index (χ0v) is 20.4. The Bertz CT molecular complexity index is 632. The molecule has 0 unspecified atom stereocenters. The van der Waals surface area contributed by atoms with Gasteiger partial charge in [-0.2, -0.15) is 0 Å². The molecule has 1 aliphatic rings. The first-order valence-corrected chi connectivity index (χ1v) is 10.3. The van der Waals surface area contributed by atoms with E-state index in [0.29, 0.717) is 26.2 Å². The Hall–Kier alpha value is -0.980. The van der Waals surface area contributed by atoms with Crippen molar-refractivity contribution in [1.82, 2.24) is 25.4 Å². The number of carbonyl (C=O) groups is 1. The molecule has 2 rings (SSSR count). The quantitative estimate of drug-likeness (QED) is 0.231. The zero-order valence-electron chi connectivity index (χ0n) is 17.3. The SMILES string of the molecule is CCNC(=NCc1sc(C)nc1C)N1CCN(CC(=O)NCCOC)CC1.I. The second-order valence-electron chi connectivity index (χ2n) is 6.52. The lowest BCUT2D eigenvalue weighted by Crippen LogP contribution is -2.54. The Morgan fingerprint density at radius 1 is 1.25 bits per heavy atom. The maximum absolute atomic E-state index is 11.9. The van der Waals surface area contributed by atoms with E-state index in [1.165, 1.54) is 4.88 Å². The molecule has 0 radical (unpaired) electrons. The topological polar surface area (TPSA) is 82.1 Å². The third kappa shape index (κ3) is 8.18. The number of halogens is 1. The number of aromatic nitrogens is 1. The van der Waals surface area contributed by atoms with Gasteiger partial charge in [0.05, 0.1) is 30.4 Å². The average Bonchev–Trinajstić information content (AvgIpc) is 2.97. The molecule has 0 atom stereocenters. The average molecular weight is 524 g/mol. The largest absolute Gasteiger partial charge is 0.383 e. The van der Waals surface area contributed by atoms with Crippen molar-refractivity contribution >= 4 is 47.2 Å². The van der Waals surface area contributed by atoms with Gasteiger partial charge >= 0.3 is 0 Å². The number of aliphatic imine (C=N–C) groups is 1. The lowest BCUT2D eigenvalue weighted by Gasteiger charge is -2.36. The Kier molecular flexibility index (Phi) is 11.9. The van der Waals surface area contributed by atoms with E-state index in [-0.39, 0.29) is 29.9 Å². The van der Waals surface area contributed by atoms with E-state index >= 15 is 0 Å². The minimum Gasteiger partial charge on any atom is -0.383 e. The van der Waals surface area contributed by atoms with Crippen LogP contribution in [0.3, 0.4) is 0 Å². The van der Waals surface area contributed by atoms with Crippen LogP contribution in [0.5, 0.6) is 0 Å². The maximum Gasteiger partial charge on any atom is 0.234 e. The number of rotatable bonds is 8. The van der Waals surface area contributed by atoms with Gasteiger partial charge in [0, 0.05) is 51.3 Å². The molecular weight excluding hydrogens is 491 g/mol. The van der Waals surface area contributed by atoms with Gasteiger partial charge < -0.3 is 20.3 Å². The van der Waals surface area contributed by atoms with Crippen LogP contribution in [0, 0.1) is 13.8 Å². The molecule has 0 aromatic carbocycles. The van der Waals surface area contributed by atoms with Gasteiger partial charge in [-0.25, -0.2) is 9.98 Å². The first kappa shape index (κ1) is 25.1. The van der Waals surface area contributed by atoms with Crippen LogP contribution < -0.4 is 10.6 Å². The Balaban J connectivity index is 0.00000392. The number of piperazine rings is 1. The summed E-state index contributed by atoms with van der Waals surface area (Å²) in [7, 11) is 1.63. The predicted molar refractivity (Wildman–Crippen MR) is 125 cm³/mol. The monoisotopic (exact) mass is 524 g/mol. The van der Waals surface area contributed by atoms with Crippen LogP contribution in [-0.4, -0.2) is 86.2 Å². The zero-order chi connectivity index (χ0) is 19.6. The Morgan fingerprint density at radius 2 is 1.96 bits per heavy atom. The highest BCUT2D eigenvalue weighted by Gasteiger charge is 2.21. The number of amides is 1. The summed E-state index contributed by atoms with van der Waals surface area (Å²) in [5, 5.41) is 7.34. The minimum atomic E-state index is 0. The van der Waals surface area contributed by atoms with Gasteiger partial charge in [-0.15, -0.1) is 35.3 Å². The number of guanidine groups is 1. The number of nitrogens with one attached hydrogen (secondary N) is 2. The van der Waals surface area contributed by atoms with Crippen molar-refractivity contribution in [3.05, 3.63) is 15.6 Å². The number of hydrogen-bond acceptors (Lipinski definition) is 6. The normalized spacial score (nSPS) is 15.3. The van der Waals surface area contributed by atoms with E-state index in [0.717, 1.165) is 49.4 Å². The number of thiazole rings is 1. The lowest BCUT2D eigenvalue weighted by molar-refractivity contribution is -0.122. The molecule has 1 aromatic heterocycles. The van der Waals surface area contributed by atoms with Crippen LogP contribution >= 0.6 is 35.3 Å². The fourth-order valence-corrected chi connectivity index (χ4v) is 3.82. The third-order valence-corrected chi connectivity index (χ3v) is 5.43. The van der Waals surface area contributed by atoms with Gasteiger partial charge in [0.2, 0.25) is 5.91 Å². The summed E-state index contributed by atoms with van der Waals surface area (Å²) in [6.45, 7) is 12.6. The smallest absolute Gasteiger partial charge is 0.234 e. The van der Waals surface area contributed by atoms with Gasteiger partial charge in [-0.3, -0.25) is 9.69 Å². The molecule has 1 aromatic rings. The van der Waals surface area contributed by atoms with Gasteiger partial charge in [0.15, 0.2) is 5.96 Å². The van der Waals surface area contributed by atoms with E-state index in [9.17, 15) is 4.79 Å². The summed E-state index contributed by atoms with van der Waals surface area (Å²) >= 11 is 1.71. The number of nitrogens with zero attached hydrogens (tertiary/aromatic N) is 4. The van der Waals surface area contributed by atoms with Crippen LogP contribution in [0.15, 0.2) is 4.99 Å². The van der Waals surface area contributed by atoms with Crippen molar-refractivity contribution < 1.29 is 9.53 Å². The molecule has 1 saturated heterocycles. The molecule has 2 N–H and O–H groups in total. The van der Waals surface area contributed by atoms with Crippen molar-refractivity contribution in [3.63, 3.8) is 0 Å². The molecular formula is C18H33IN6O2S. The molecule has 0 spiro atoms. The molecule has 1 fully saturated rings. The van der Waals surface area contributed by atoms with Crippen LogP contribution in [0.1, 0.15) is 22.5 Å². The summed E-state index contributed by atoms with van der Waals surface area (Å²) in [5.41, 5.74) is 1.07. The fraction of sp³-hybridized carbons (Fsp3) is 0.722. The predicted octanol–water partition coefficient (Wildman–Crippen LogP) is 1.22. The molecule has 1 aliphatic heterocycles. The molecule has 28 heavy (non-hydrogen) atoms. The minimum absolute atomic E-state index is 0.